The van der Waals surface area contributed by atoms with Crippen molar-refractivity contribution < 1.29 is 4.74 Å². The quantitative estimate of drug-likeness (QED) is 0.618. The molecule has 2 rings (SSSR count). The van der Waals surface area contributed by atoms with Crippen LogP contribution in [0.5, 0.6) is 5.75 Å². The molecule has 0 spiro atoms. The Kier molecular flexibility index (Phi) is 7.06. The van der Waals surface area contributed by atoms with E-state index < -0.39 is 0 Å². The maximum Gasteiger partial charge on any atom is 0.194 e. The lowest BCUT2D eigenvalue weighted by Gasteiger charge is -2.21. The van der Waals surface area contributed by atoms with E-state index in [-0.39, 0.29) is 0 Å². The van der Waals surface area contributed by atoms with Gasteiger partial charge >= 0.3 is 0 Å². The first-order chi connectivity index (χ1) is 11.6. The maximum atomic E-state index is 5.40. The van der Waals surface area contributed by atoms with Gasteiger partial charge in [0.05, 0.1) is 24.4 Å². The second-order valence-corrected chi connectivity index (χ2v) is 6.57. The standard InChI is InChI=1S/C18H26N4OS/c1-5-19-18(22(3)12-16-13-24-14(2)21-16)20-11-10-15-8-6-7-9-17(15)23-4/h6-9,13H,5,10-12H2,1-4H3,(H,19,20). The van der Waals surface area contributed by atoms with Gasteiger partial charge in [0, 0.05) is 25.5 Å². The highest BCUT2D eigenvalue weighted by Crippen LogP contribution is 2.17. The van der Waals surface area contributed by atoms with Crippen molar-refractivity contribution in [2.45, 2.75) is 26.8 Å². The molecule has 0 aliphatic carbocycles. The molecule has 1 aromatic carbocycles. The van der Waals surface area contributed by atoms with E-state index >= 15 is 0 Å². The molecule has 130 valence electrons. The summed E-state index contributed by atoms with van der Waals surface area (Å²) in [5.74, 6) is 1.82. The minimum atomic E-state index is 0.711. The normalized spacial score (nSPS) is 11.4. The Morgan fingerprint density at radius 1 is 1.38 bits per heavy atom. The minimum absolute atomic E-state index is 0.711. The number of rotatable bonds is 7. The Labute approximate surface area is 148 Å². The maximum absolute atomic E-state index is 5.40. The number of para-hydroxylation sites is 1. The van der Waals surface area contributed by atoms with Crippen LogP contribution in [0, 0.1) is 6.92 Å². The lowest BCUT2D eigenvalue weighted by molar-refractivity contribution is 0.409. The molecule has 1 aromatic heterocycles. The molecule has 2 aromatic rings. The van der Waals surface area contributed by atoms with Gasteiger partial charge in [0.15, 0.2) is 5.96 Å². The van der Waals surface area contributed by atoms with Crippen LogP contribution in [0.25, 0.3) is 0 Å². The van der Waals surface area contributed by atoms with E-state index in [1.54, 1.807) is 18.4 Å². The van der Waals surface area contributed by atoms with Crippen LogP contribution in [-0.2, 0) is 13.0 Å². The van der Waals surface area contributed by atoms with Gasteiger partial charge in [-0.25, -0.2) is 4.98 Å². The summed E-state index contributed by atoms with van der Waals surface area (Å²) in [5.41, 5.74) is 2.26. The molecule has 5 nitrogen and oxygen atoms in total. The number of aryl methyl sites for hydroxylation is 1. The Morgan fingerprint density at radius 2 is 2.17 bits per heavy atom. The highest BCUT2D eigenvalue weighted by Gasteiger charge is 2.09. The Balaban J connectivity index is 1.99. The molecule has 0 fully saturated rings. The van der Waals surface area contributed by atoms with Gasteiger partial charge < -0.3 is 15.0 Å². The number of methoxy groups -OCH3 is 1. The first kappa shape index (κ1) is 18.3. The van der Waals surface area contributed by atoms with Gasteiger partial charge in [-0.1, -0.05) is 18.2 Å². The number of hydrogen-bond acceptors (Lipinski definition) is 4. The van der Waals surface area contributed by atoms with Gasteiger partial charge in [0.2, 0.25) is 0 Å². The molecule has 0 amide bonds. The lowest BCUT2D eigenvalue weighted by Crippen LogP contribution is -2.38. The molecule has 0 saturated heterocycles. The second kappa shape index (κ2) is 9.27. The van der Waals surface area contributed by atoms with Crippen molar-refractivity contribution in [2.75, 3.05) is 27.2 Å². The fourth-order valence-electron chi connectivity index (χ4n) is 2.46. The van der Waals surface area contributed by atoms with E-state index in [2.05, 4.69) is 33.6 Å². The highest BCUT2D eigenvalue weighted by atomic mass is 32.1. The number of nitrogens with one attached hydrogen (secondary N) is 1. The summed E-state index contributed by atoms with van der Waals surface area (Å²) in [6, 6.07) is 8.09. The summed E-state index contributed by atoms with van der Waals surface area (Å²) < 4.78 is 5.40. The largest absolute Gasteiger partial charge is 0.496 e. The average molecular weight is 347 g/mol. The Morgan fingerprint density at radius 3 is 2.83 bits per heavy atom. The summed E-state index contributed by atoms with van der Waals surface area (Å²) in [6.07, 6.45) is 0.850. The van der Waals surface area contributed by atoms with E-state index in [0.29, 0.717) is 6.54 Å². The molecular weight excluding hydrogens is 320 g/mol. The summed E-state index contributed by atoms with van der Waals surface area (Å²) in [6.45, 7) is 6.42. The Hall–Kier alpha value is -2.08. The zero-order chi connectivity index (χ0) is 17.4. The van der Waals surface area contributed by atoms with Crippen molar-refractivity contribution in [2.24, 2.45) is 4.99 Å². The van der Waals surface area contributed by atoms with Crippen molar-refractivity contribution in [1.82, 2.24) is 15.2 Å². The van der Waals surface area contributed by atoms with Gasteiger partial charge in [-0.15, -0.1) is 11.3 Å². The first-order valence-electron chi connectivity index (χ1n) is 8.16. The highest BCUT2D eigenvalue weighted by molar-refractivity contribution is 7.09. The van der Waals surface area contributed by atoms with E-state index in [1.807, 2.05) is 32.2 Å². The fraction of sp³-hybridized carbons (Fsp3) is 0.444. The zero-order valence-corrected chi connectivity index (χ0v) is 15.7. The van der Waals surface area contributed by atoms with Crippen molar-refractivity contribution in [3.05, 3.63) is 45.9 Å². The smallest absolute Gasteiger partial charge is 0.194 e. The minimum Gasteiger partial charge on any atom is -0.496 e. The SMILES string of the molecule is CCNC(=NCCc1ccccc1OC)N(C)Cc1csc(C)n1. The number of aliphatic imine (C=N–C) groups is 1. The molecule has 1 heterocycles. The van der Waals surface area contributed by atoms with Gasteiger partial charge in [0.25, 0.3) is 0 Å². The predicted molar refractivity (Wildman–Crippen MR) is 101 cm³/mol. The van der Waals surface area contributed by atoms with Gasteiger partial charge in [-0.3, -0.25) is 4.99 Å². The molecule has 0 aliphatic heterocycles. The summed E-state index contributed by atoms with van der Waals surface area (Å²) in [7, 11) is 3.75. The summed E-state index contributed by atoms with van der Waals surface area (Å²) >= 11 is 1.68. The molecule has 0 saturated carbocycles. The summed E-state index contributed by atoms with van der Waals surface area (Å²) in [5, 5.41) is 6.54. The molecule has 6 heteroatoms. The average Bonchev–Trinajstić information content (AvgIpc) is 2.99. The zero-order valence-electron chi connectivity index (χ0n) is 14.9. The van der Waals surface area contributed by atoms with Crippen molar-refractivity contribution in [3.63, 3.8) is 0 Å². The molecular formula is C18H26N4OS. The van der Waals surface area contributed by atoms with Crippen LogP contribution < -0.4 is 10.1 Å². The number of benzene rings is 1. The third-order valence-corrected chi connectivity index (χ3v) is 4.42. The van der Waals surface area contributed by atoms with Gasteiger partial charge in [-0.2, -0.15) is 0 Å². The molecule has 1 N–H and O–H groups in total. The number of nitrogens with zero attached hydrogens (tertiary/aromatic N) is 3. The Bertz CT molecular complexity index is 669. The van der Waals surface area contributed by atoms with E-state index in [0.717, 1.165) is 41.9 Å². The van der Waals surface area contributed by atoms with Crippen molar-refractivity contribution in [3.8, 4) is 5.75 Å². The van der Waals surface area contributed by atoms with Crippen LogP contribution in [0.3, 0.4) is 0 Å². The van der Waals surface area contributed by atoms with Gasteiger partial charge in [0.1, 0.15) is 5.75 Å². The lowest BCUT2D eigenvalue weighted by atomic mass is 10.1. The van der Waals surface area contributed by atoms with Crippen LogP contribution in [0.15, 0.2) is 34.6 Å². The predicted octanol–water partition coefficient (Wildman–Crippen LogP) is 3.10. The van der Waals surface area contributed by atoms with E-state index in [1.165, 1.54) is 5.56 Å². The number of aromatic nitrogens is 1. The van der Waals surface area contributed by atoms with Crippen LogP contribution >= 0.6 is 11.3 Å². The van der Waals surface area contributed by atoms with Crippen molar-refractivity contribution >= 4 is 17.3 Å². The molecule has 0 atom stereocenters. The van der Waals surface area contributed by atoms with Crippen LogP contribution in [-0.4, -0.2) is 43.1 Å². The van der Waals surface area contributed by atoms with E-state index in [4.69, 9.17) is 9.73 Å². The molecule has 0 bridgehead atoms. The monoisotopic (exact) mass is 346 g/mol. The number of hydrogen-bond donors (Lipinski definition) is 1. The summed E-state index contributed by atoms with van der Waals surface area (Å²) in [4.78, 5) is 11.4. The third-order valence-electron chi connectivity index (χ3n) is 3.60. The van der Waals surface area contributed by atoms with Crippen LogP contribution in [0.1, 0.15) is 23.2 Å². The van der Waals surface area contributed by atoms with Crippen molar-refractivity contribution in [1.29, 1.82) is 0 Å². The number of thiazole rings is 1. The molecule has 0 unspecified atom stereocenters. The molecule has 0 aliphatic rings. The first-order valence-corrected chi connectivity index (χ1v) is 9.04. The van der Waals surface area contributed by atoms with Crippen LogP contribution in [0.2, 0.25) is 0 Å². The fourth-order valence-corrected chi connectivity index (χ4v) is 3.06. The molecule has 24 heavy (non-hydrogen) atoms. The van der Waals surface area contributed by atoms with E-state index in [9.17, 15) is 0 Å². The topological polar surface area (TPSA) is 49.8 Å². The van der Waals surface area contributed by atoms with Crippen LogP contribution in [0.4, 0.5) is 0 Å². The number of ether oxygens (including phenoxy) is 1. The van der Waals surface area contributed by atoms with Gasteiger partial charge in [-0.05, 0) is 31.9 Å². The second-order valence-electron chi connectivity index (χ2n) is 5.51. The number of guanidine groups is 1. The molecule has 0 radical (unpaired) electrons. The third kappa shape index (κ3) is 5.23.